The Bertz CT molecular complexity index is 1070. The molecule has 2 heterocycles. The van der Waals surface area contributed by atoms with Crippen LogP contribution in [0.25, 0.3) is 6.08 Å². The highest BCUT2D eigenvalue weighted by Gasteiger charge is 2.14. The van der Waals surface area contributed by atoms with Gasteiger partial charge in [-0.1, -0.05) is 46.0 Å². The van der Waals surface area contributed by atoms with Crippen molar-refractivity contribution in [3.8, 4) is 0 Å². The first kappa shape index (κ1) is 21.4. The summed E-state index contributed by atoms with van der Waals surface area (Å²) in [5.41, 5.74) is 3.59. The first-order chi connectivity index (χ1) is 13.8. The summed E-state index contributed by atoms with van der Waals surface area (Å²) in [6, 6.07) is 5.24. The van der Waals surface area contributed by atoms with Crippen LogP contribution >= 0.6 is 34.8 Å². The van der Waals surface area contributed by atoms with E-state index in [9.17, 15) is 4.79 Å². The van der Waals surface area contributed by atoms with Crippen LogP contribution < -0.4 is 0 Å². The summed E-state index contributed by atoms with van der Waals surface area (Å²) >= 11 is 18.6. The third-order valence-corrected chi connectivity index (χ3v) is 5.36. The van der Waals surface area contributed by atoms with Gasteiger partial charge in [0.25, 0.3) is 0 Å². The quantitative estimate of drug-likeness (QED) is 0.360. The van der Waals surface area contributed by atoms with Crippen LogP contribution in [0.4, 0.5) is 0 Å². The minimum Gasteiger partial charge on any atom is -0.457 e. The Balaban J connectivity index is 1.70. The number of rotatable bonds is 6. The zero-order valence-electron chi connectivity index (χ0n) is 16.0. The van der Waals surface area contributed by atoms with Gasteiger partial charge in [-0.2, -0.15) is 5.10 Å². The summed E-state index contributed by atoms with van der Waals surface area (Å²) in [7, 11) is 0. The van der Waals surface area contributed by atoms with E-state index in [1.54, 1.807) is 43.7 Å². The average Bonchev–Trinajstić information content (AvgIpc) is 3.12. The van der Waals surface area contributed by atoms with Crippen LogP contribution in [0.15, 0.2) is 28.8 Å². The minimum atomic E-state index is -0.506. The van der Waals surface area contributed by atoms with Gasteiger partial charge in [-0.25, -0.2) is 9.48 Å². The maximum absolute atomic E-state index is 12.1. The van der Waals surface area contributed by atoms with Gasteiger partial charge in [-0.05, 0) is 44.5 Å². The van der Waals surface area contributed by atoms with Crippen molar-refractivity contribution < 1.29 is 14.1 Å². The molecule has 29 heavy (non-hydrogen) atoms. The summed E-state index contributed by atoms with van der Waals surface area (Å²) in [6.07, 6.45) is 2.90. The number of aryl methyl sites for hydroxylation is 3. The maximum Gasteiger partial charge on any atom is 0.331 e. The van der Waals surface area contributed by atoms with E-state index >= 15 is 0 Å². The predicted molar refractivity (Wildman–Crippen MR) is 112 cm³/mol. The molecule has 0 atom stereocenters. The largest absolute Gasteiger partial charge is 0.457 e. The lowest BCUT2D eigenvalue weighted by atomic mass is 10.2. The van der Waals surface area contributed by atoms with Gasteiger partial charge in [0.1, 0.15) is 17.5 Å². The number of aromatic nitrogens is 3. The van der Waals surface area contributed by atoms with Gasteiger partial charge in [0.15, 0.2) is 0 Å². The molecule has 2 aromatic heterocycles. The van der Waals surface area contributed by atoms with Crippen molar-refractivity contribution in [3.05, 3.63) is 73.3 Å². The fraction of sp³-hybridized carbons (Fsp3) is 0.250. The van der Waals surface area contributed by atoms with Gasteiger partial charge >= 0.3 is 5.97 Å². The molecule has 0 amide bonds. The summed E-state index contributed by atoms with van der Waals surface area (Å²) in [6.45, 7) is 5.83. The van der Waals surface area contributed by atoms with Crippen LogP contribution in [0.5, 0.6) is 0 Å². The number of esters is 1. The minimum absolute atomic E-state index is 0.0887. The highest BCUT2D eigenvalue weighted by atomic mass is 35.5. The van der Waals surface area contributed by atoms with E-state index in [2.05, 4.69) is 10.3 Å². The Hall–Kier alpha value is -2.28. The fourth-order valence-electron chi connectivity index (χ4n) is 2.72. The zero-order chi connectivity index (χ0) is 21.1. The number of hydrogen-bond donors (Lipinski definition) is 0. The Labute approximate surface area is 183 Å². The Morgan fingerprint density at radius 3 is 2.62 bits per heavy atom. The summed E-state index contributed by atoms with van der Waals surface area (Å²) in [5.74, 6) is 0.120. The SMILES string of the molecule is Cc1nn(Cc2ccc(Cl)cc2Cl)c(Cl)c1C=CC(=O)OCc1c(C)noc1C. The summed E-state index contributed by atoms with van der Waals surface area (Å²) < 4.78 is 11.9. The molecule has 0 spiro atoms. The highest BCUT2D eigenvalue weighted by Crippen LogP contribution is 2.26. The van der Waals surface area contributed by atoms with E-state index in [-0.39, 0.29) is 6.61 Å². The van der Waals surface area contributed by atoms with Crippen molar-refractivity contribution in [2.24, 2.45) is 0 Å². The van der Waals surface area contributed by atoms with Crippen LogP contribution in [0, 0.1) is 20.8 Å². The van der Waals surface area contributed by atoms with Gasteiger partial charge in [0.05, 0.1) is 23.5 Å². The monoisotopic (exact) mass is 453 g/mol. The molecule has 1 aromatic carbocycles. The van der Waals surface area contributed by atoms with Crippen molar-refractivity contribution in [2.75, 3.05) is 0 Å². The molecular formula is C20H18Cl3N3O3. The Morgan fingerprint density at radius 1 is 1.21 bits per heavy atom. The van der Waals surface area contributed by atoms with Gasteiger partial charge in [0.2, 0.25) is 0 Å². The normalized spacial score (nSPS) is 11.4. The molecule has 0 bridgehead atoms. The molecule has 0 aliphatic heterocycles. The van der Waals surface area contributed by atoms with Crippen LogP contribution in [-0.2, 0) is 22.7 Å². The Kier molecular flexibility index (Phi) is 6.67. The van der Waals surface area contributed by atoms with E-state index in [0.717, 1.165) is 11.1 Å². The van der Waals surface area contributed by atoms with Gasteiger partial charge in [0, 0.05) is 21.7 Å². The molecule has 0 aliphatic carbocycles. The second-order valence-electron chi connectivity index (χ2n) is 6.43. The summed E-state index contributed by atoms with van der Waals surface area (Å²) in [5, 5.41) is 9.73. The van der Waals surface area contributed by atoms with Crippen LogP contribution in [0.3, 0.4) is 0 Å². The number of carbonyl (C=O) groups excluding carboxylic acids is 1. The maximum atomic E-state index is 12.1. The number of benzene rings is 1. The first-order valence-electron chi connectivity index (χ1n) is 8.69. The fourth-order valence-corrected chi connectivity index (χ4v) is 3.49. The number of ether oxygens (including phenoxy) is 1. The number of hydrogen-bond acceptors (Lipinski definition) is 5. The standard InChI is InChI=1S/C20H18Cl3N3O3/c1-11-16(6-7-19(27)28-10-17-12(2)25-29-13(17)3)20(23)26(24-11)9-14-4-5-15(21)8-18(14)22/h4-8H,9-10H2,1-3H3. The van der Waals surface area contributed by atoms with E-state index in [1.807, 2.05) is 6.07 Å². The van der Waals surface area contributed by atoms with E-state index in [4.69, 9.17) is 44.1 Å². The molecule has 0 unspecified atom stereocenters. The lowest BCUT2D eigenvalue weighted by Gasteiger charge is -2.06. The van der Waals surface area contributed by atoms with Gasteiger partial charge < -0.3 is 9.26 Å². The van der Waals surface area contributed by atoms with Gasteiger partial charge in [-0.3, -0.25) is 0 Å². The zero-order valence-corrected chi connectivity index (χ0v) is 18.3. The molecule has 0 radical (unpaired) electrons. The molecule has 0 saturated heterocycles. The molecule has 3 aromatic rings. The molecular weight excluding hydrogens is 437 g/mol. The lowest BCUT2D eigenvalue weighted by molar-refractivity contribution is -0.138. The smallest absolute Gasteiger partial charge is 0.331 e. The first-order valence-corrected chi connectivity index (χ1v) is 9.83. The Morgan fingerprint density at radius 2 is 1.97 bits per heavy atom. The predicted octanol–water partition coefficient (Wildman–Crippen LogP) is 5.56. The van der Waals surface area contributed by atoms with Crippen molar-refractivity contribution in [2.45, 2.75) is 33.9 Å². The number of halogens is 3. The summed E-state index contributed by atoms with van der Waals surface area (Å²) in [4.78, 5) is 12.1. The second-order valence-corrected chi connectivity index (χ2v) is 7.63. The molecule has 9 heteroatoms. The van der Waals surface area contributed by atoms with Crippen LogP contribution in [0.1, 0.15) is 33.8 Å². The molecule has 0 N–H and O–H groups in total. The molecule has 0 fully saturated rings. The number of nitrogens with zero attached hydrogens (tertiary/aromatic N) is 3. The topological polar surface area (TPSA) is 70.2 Å². The number of carbonyl (C=O) groups is 1. The van der Waals surface area contributed by atoms with Gasteiger partial charge in [-0.15, -0.1) is 0 Å². The molecule has 0 saturated carbocycles. The molecule has 0 aliphatic rings. The molecule has 6 nitrogen and oxygen atoms in total. The molecule has 152 valence electrons. The average molecular weight is 455 g/mol. The second kappa shape index (κ2) is 9.03. The van der Waals surface area contributed by atoms with E-state index in [1.165, 1.54) is 6.08 Å². The van der Waals surface area contributed by atoms with Crippen molar-refractivity contribution in [1.82, 2.24) is 14.9 Å². The third kappa shape index (κ3) is 5.01. The lowest BCUT2D eigenvalue weighted by Crippen LogP contribution is -2.03. The highest BCUT2D eigenvalue weighted by molar-refractivity contribution is 6.35. The van der Waals surface area contributed by atoms with Crippen LogP contribution in [-0.4, -0.2) is 20.9 Å². The molecule has 3 rings (SSSR count). The van der Waals surface area contributed by atoms with Crippen molar-refractivity contribution >= 4 is 46.8 Å². The van der Waals surface area contributed by atoms with Crippen molar-refractivity contribution in [3.63, 3.8) is 0 Å². The van der Waals surface area contributed by atoms with E-state index < -0.39 is 5.97 Å². The van der Waals surface area contributed by atoms with Crippen molar-refractivity contribution in [1.29, 1.82) is 0 Å². The van der Waals surface area contributed by atoms with E-state index in [0.29, 0.717) is 44.5 Å². The third-order valence-electron chi connectivity index (χ3n) is 4.37. The van der Waals surface area contributed by atoms with Crippen LogP contribution in [0.2, 0.25) is 15.2 Å².